The van der Waals surface area contributed by atoms with E-state index >= 15 is 0 Å². The van der Waals surface area contributed by atoms with E-state index in [9.17, 15) is 14.0 Å². The van der Waals surface area contributed by atoms with Crippen LogP contribution in [0.4, 0.5) is 14.9 Å². The Morgan fingerprint density at radius 1 is 1.07 bits per heavy atom. The van der Waals surface area contributed by atoms with E-state index < -0.39 is 0 Å². The average Bonchev–Trinajstić information content (AvgIpc) is 2.73. The number of hydrogen-bond acceptors (Lipinski definition) is 3. The lowest BCUT2D eigenvalue weighted by Gasteiger charge is -2.31. The van der Waals surface area contributed by atoms with Gasteiger partial charge >= 0.3 is 6.03 Å². The third-order valence-electron chi connectivity index (χ3n) is 5.23. The van der Waals surface area contributed by atoms with Gasteiger partial charge in [0.1, 0.15) is 5.82 Å². The van der Waals surface area contributed by atoms with Gasteiger partial charge in [0.25, 0.3) is 0 Å². The molecule has 0 saturated carbocycles. The van der Waals surface area contributed by atoms with Gasteiger partial charge in [-0.05, 0) is 68.2 Å². The predicted molar refractivity (Wildman–Crippen MR) is 108 cm³/mol. The highest BCUT2D eigenvalue weighted by Crippen LogP contribution is 2.18. The lowest BCUT2D eigenvalue weighted by Crippen LogP contribution is -2.43. The number of para-hydroxylation sites is 1. The van der Waals surface area contributed by atoms with Gasteiger partial charge in [-0.15, -0.1) is 0 Å². The second-order valence-electron chi connectivity index (χ2n) is 7.23. The van der Waals surface area contributed by atoms with Gasteiger partial charge < -0.3 is 5.32 Å². The third kappa shape index (κ3) is 5.39. The Kier molecular flexibility index (Phi) is 6.76. The molecular weight excluding hydrogens is 357 g/mol. The average molecular weight is 383 g/mol. The van der Waals surface area contributed by atoms with Crippen LogP contribution in [0, 0.1) is 11.7 Å². The van der Waals surface area contributed by atoms with Gasteiger partial charge in [-0.2, -0.15) is 0 Å². The second-order valence-corrected chi connectivity index (χ2v) is 7.23. The number of hydrogen-bond donors (Lipinski definition) is 1. The van der Waals surface area contributed by atoms with Crippen molar-refractivity contribution < 1.29 is 14.0 Å². The third-order valence-corrected chi connectivity index (χ3v) is 5.23. The zero-order valence-electron chi connectivity index (χ0n) is 16.1. The molecule has 28 heavy (non-hydrogen) atoms. The molecule has 5 nitrogen and oxygen atoms in total. The van der Waals surface area contributed by atoms with Crippen LogP contribution in [0.25, 0.3) is 0 Å². The molecule has 0 aliphatic carbocycles. The lowest BCUT2D eigenvalue weighted by atomic mass is 9.96. The summed E-state index contributed by atoms with van der Waals surface area (Å²) in [5.74, 6) is 0.0823. The molecule has 0 spiro atoms. The van der Waals surface area contributed by atoms with E-state index in [-0.39, 0.29) is 17.6 Å². The largest absolute Gasteiger partial charge is 0.337 e. The molecule has 6 heteroatoms. The Bertz CT molecular complexity index is 787. The highest BCUT2D eigenvalue weighted by atomic mass is 19.1. The summed E-state index contributed by atoms with van der Waals surface area (Å²) in [6, 6.07) is 15.1. The first kappa shape index (κ1) is 20.0. The van der Waals surface area contributed by atoms with E-state index in [1.165, 1.54) is 24.3 Å². The molecule has 1 fully saturated rings. The summed E-state index contributed by atoms with van der Waals surface area (Å²) >= 11 is 0. The van der Waals surface area contributed by atoms with E-state index in [0.29, 0.717) is 24.6 Å². The van der Waals surface area contributed by atoms with Crippen molar-refractivity contribution in [2.75, 3.05) is 38.1 Å². The number of nitrogens with zero attached hydrogens (tertiary/aromatic N) is 2. The first-order valence-corrected chi connectivity index (χ1v) is 9.60. The summed E-state index contributed by atoms with van der Waals surface area (Å²) in [7, 11) is 1.76. The first-order chi connectivity index (χ1) is 13.5. The van der Waals surface area contributed by atoms with Gasteiger partial charge in [-0.1, -0.05) is 18.2 Å². The molecule has 0 radical (unpaired) electrons. The van der Waals surface area contributed by atoms with Crippen molar-refractivity contribution in [3.8, 4) is 0 Å². The van der Waals surface area contributed by atoms with E-state index in [1.54, 1.807) is 11.9 Å². The Labute approximate surface area is 165 Å². The van der Waals surface area contributed by atoms with Crippen molar-refractivity contribution in [2.45, 2.75) is 12.8 Å². The van der Waals surface area contributed by atoms with Crippen LogP contribution in [0.5, 0.6) is 0 Å². The Hall–Kier alpha value is -2.73. The van der Waals surface area contributed by atoms with Crippen molar-refractivity contribution >= 4 is 17.5 Å². The molecule has 1 aliphatic rings. The minimum Gasteiger partial charge on any atom is -0.337 e. The predicted octanol–water partition coefficient (Wildman–Crippen LogP) is 3.57. The molecule has 0 unspecified atom stereocenters. The topological polar surface area (TPSA) is 52.7 Å². The molecule has 148 valence electrons. The molecule has 1 aliphatic heterocycles. The number of carbonyl (C=O) groups is 2. The fourth-order valence-electron chi connectivity index (χ4n) is 3.40. The maximum absolute atomic E-state index is 13.0. The summed E-state index contributed by atoms with van der Waals surface area (Å²) in [5, 5.41) is 3.00. The number of benzene rings is 2. The minimum atomic E-state index is -0.336. The number of halogens is 1. The van der Waals surface area contributed by atoms with Crippen molar-refractivity contribution in [2.24, 2.45) is 5.92 Å². The van der Waals surface area contributed by atoms with Crippen LogP contribution in [0.15, 0.2) is 54.6 Å². The maximum atomic E-state index is 13.0. The van der Waals surface area contributed by atoms with Gasteiger partial charge in [0.15, 0.2) is 5.78 Å². The number of urea groups is 1. The quantitative estimate of drug-likeness (QED) is 0.776. The van der Waals surface area contributed by atoms with Gasteiger partial charge in [-0.25, -0.2) is 9.18 Å². The molecule has 3 rings (SSSR count). The summed E-state index contributed by atoms with van der Waals surface area (Å²) in [4.78, 5) is 28.3. The molecule has 0 bridgehead atoms. The fourth-order valence-corrected chi connectivity index (χ4v) is 3.40. The van der Waals surface area contributed by atoms with E-state index in [4.69, 9.17) is 0 Å². The maximum Gasteiger partial charge on any atom is 0.321 e. The number of ketones is 1. The number of nitrogens with one attached hydrogen (secondary N) is 1. The molecule has 1 N–H and O–H groups in total. The molecule has 1 saturated heterocycles. The van der Waals surface area contributed by atoms with Crippen LogP contribution in [0.3, 0.4) is 0 Å². The minimum absolute atomic E-state index is 0.0104. The van der Waals surface area contributed by atoms with Crippen LogP contribution in [-0.2, 0) is 0 Å². The smallest absolute Gasteiger partial charge is 0.321 e. The van der Waals surface area contributed by atoms with Crippen LogP contribution in [0.1, 0.15) is 23.2 Å². The number of carbonyl (C=O) groups excluding carboxylic acids is 2. The number of amides is 2. The standard InChI is InChI=1S/C22H26FN3O2/c1-25(20-5-3-2-4-6-20)22(28)24-15-17-11-13-26(14-12-17)16-21(27)18-7-9-19(23)10-8-18/h2-10,17H,11-16H2,1H3,(H,24,28). The zero-order valence-corrected chi connectivity index (χ0v) is 16.1. The van der Waals surface area contributed by atoms with Crippen molar-refractivity contribution in [3.63, 3.8) is 0 Å². The monoisotopic (exact) mass is 383 g/mol. The van der Waals surface area contributed by atoms with Gasteiger partial charge in [0, 0.05) is 24.8 Å². The molecule has 2 amide bonds. The van der Waals surface area contributed by atoms with Crippen molar-refractivity contribution in [3.05, 3.63) is 66.0 Å². The molecule has 0 aromatic heterocycles. The first-order valence-electron chi connectivity index (χ1n) is 9.60. The summed E-state index contributed by atoms with van der Waals surface area (Å²) in [6.07, 6.45) is 1.87. The van der Waals surface area contributed by atoms with Crippen molar-refractivity contribution in [1.29, 1.82) is 0 Å². The van der Waals surface area contributed by atoms with E-state index in [0.717, 1.165) is 31.6 Å². The number of Topliss-reactive ketones (excluding diaryl/α,β-unsaturated/α-hetero) is 1. The Morgan fingerprint density at radius 2 is 1.71 bits per heavy atom. The van der Waals surface area contributed by atoms with Gasteiger partial charge in [0.05, 0.1) is 6.54 Å². The molecule has 2 aromatic rings. The normalized spacial score (nSPS) is 15.2. The van der Waals surface area contributed by atoms with Crippen LogP contribution in [-0.4, -0.2) is 49.9 Å². The second kappa shape index (κ2) is 9.46. The highest BCUT2D eigenvalue weighted by Gasteiger charge is 2.22. The number of likely N-dealkylation sites (tertiary alicyclic amines) is 1. The van der Waals surface area contributed by atoms with E-state index in [1.807, 2.05) is 30.3 Å². The Morgan fingerprint density at radius 3 is 2.36 bits per heavy atom. The Balaban J connectivity index is 1.40. The molecule has 0 atom stereocenters. The molecule has 2 aromatic carbocycles. The fraction of sp³-hybridized carbons (Fsp3) is 0.364. The number of rotatable bonds is 6. The summed E-state index contributed by atoms with van der Waals surface area (Å²) in [6.45, 7) is 2.63. The van der Waals surface area contributed by atoms with Crippen molar-refractivity contribution in [1.82, 2.24) is 10.2 Å². The van der Waals surface area contributed by atoms with Gasteiger partial charge in [0.2, 0.25) is 0 Å². The number of anilines is 1. The summed E-state index contributed by atoms with van der Waals surface area (Å²) in [5.41, 5.74) is 1.40. The SMILES string of the molecule is CN(C(=O)NCC1CCN(CC(=O)c2ccc(F)cc2)CC1)c1ccccc1. The number of piperidine rings is 1. The molecule has 1 heterocycles. The lowest BCUT2D eigenvalue weighted by molar-refractivity contribution is 0.0896. The zero-order chi connectivity index (χ0) is 19.9. The molecular formula is C22H26FN3O2. The van der Waals surface area contributed by atoms with Crippen LogP contribution >= 0.6 is 0 Å². The van der Waals surface area contributed by atoms with Gasteiger partial charge in [-0.3, -0.25) is 14.6 Å². The highest BCUT2D eigenvalue weighted by molar-refractivity contribution is 5.97. The van der Waals surface area contributed by atoms with Crippen LogP contribution < -0.4 is 10.2 Å². The van der Waals surface area contributed by atoms with Crippen LogP contribution in [0.2, 0.25) is 0 Å². The van der Waals surface area contributed by atoms with E-state index in [2.05, 4.69) is 10.2 Å². The summed E-state index contributed by atoms with van der Waals surface area (Å²) < 4.78 is 13.0.